The van der Waals surface area contributed by atoms with Gasteiger partial charge in [0.2, 0.25) is 0 Å². The molecule has 0 amide bonds. The van der Waals surface area contributed by atoms with Gasteiger partial charge in [0, 0.05) is 88.2 Å². The van der Waals surface area contributed by atoms with Crippen LogP contribution in [0.4, 0.5) is 26.3 Å². The monoisotopic (exact) mass is 768 g/mol. The van der Waals surface area contributed by atoms with Crippen LogP contribution in [0, 0.1) is 13.8 Å². The molecule has 0 unspecified atom stereocenters. The zero-order valence-electron chi connectivity index (χ0n) is 29.8. The summed E-state index contributed by atoms with van der Waals surface area (Å²) in [6.45, 7) is 8.90. The summed E-state index contributed by atoms with van der Waals surface area (Å²) < 4.78 is 98.4. The first-order valence-corrected chi connectivity index (χ1v) is 19.5. The molecule has 4 aromatic heterocycles. The molecule has 10 heteroatoms. The SMILES string of the molecule is CCn1c2ccccc2c2cc(-c3cc(C4=C(c5cc(-c6ccc7c(c6)c6ccccc6n7CC)sc5C)C(F)(F)C(F)(F)C(F)(F)C4)c(C)s3)ccc21. The van der Waals surface area contributed by atoms with Crippen molar-refractivity contribution in [3.63, 3.8) is 0 Å². The molecule has 0 N–H and O–H groups in total. The molecule has 9 rings (SSSR count). The number of aryl methyl sites for hydroxylation is 4. The molecule has 54 heavy (non-hydrogen) atoms. The number of thiophene rings is 2. The van der Waals surface area contributed by atoms with Gasteiger partial charge in [-0.2, -0.15) is 26.3 Å². The fraction of sp³-hybridized carbons (Fsp3) is 0.227. The van der Waals surface area contributed by atoms with Crippen LogP contribution >= 0.6 is 22.7 Å². The maximum Gasteiger partial charge on any atom is 0.376 e. The largest absolute Gasteiger partial charge is 0.376 e. The highest BCUT2D eigenvalue weighted by molar-refractivity contribution is 7.16. The Morgan fingerprint density at radius 3 is 1.50 bits per heavy atom. The smallest absolute Gasteiger partial charge is 0.341 e. The molecule has 1 aliphatic carbocycles. The van der Waals surface area contributed by atoms with E-state index in [0.29, 0.717) is 19.5 Å². The first kappa shape index (κ1) is 34.9. The Morgan fingerprint density at radius 2 is 1.00 bits per heavy atom. The lowest BCUT2D eigenvalue weighted by Gasteiger charge is -2.40. The van der Waals surface area contributed by atoms with Gasteiger partial charge in [0.05, 0.1) is 0 Å². The number of nitrogens with zero attached hydrogens (tertiary/aromatic N) is 2. The average Bonchev–Trinajstić information content (AvgIpc) is 3.90. The lowest BCUT2D eigenvalue weighted by atomic mass is 9.77. The number of hydrogen-bond donors (Lipinski definition) is 0. The van der Waals surface area contributed by atoms with E-state index in [1.807, 2.05) is 78.9 Å². The van der Waals surface area contributed by atoms with Crippen molar-refractivity contribution in [3.8, 4) is 20.9 Å². The van der Waals surface area contributed by atoms with Crippen molar-refractivity contribution in [2.45, 2.75) is 65.0 Å². The number of benzene rings is 4. The van der Waals surface area contributed by atoms with Gasteiger partial charge in [-0.15, -0.1) is 22.7 Å². The predicted octanol–water partition coefficient (Wildman–Crippen LogP) is 14.2. The zero-order valence-corrected chi connectivity index (χ0v) is 31.5. The third-order valence-electron chi connectivity index (χ3n) is 11.0. The van der Waals surface area contributed by atoms with Gasteiger partial charge >= 0.3 is 17.8 Å². The third-order valence-corrected chi connectivity index (χ3v) is 13.2. The van der Waals surface area contributed by atoms with E-state index < -0.39 is 35.3 Å². The molecule has 0 atom stereocenters. The zero-order chi connectivity index (χ0) is 37.9. The number of hydrogen-bond acceptors (Lipinski definition) is 2. The van der Waals surface area contributed by atoms with Gasteiger partial charge in [-0.3, -0.25) is 0 Å². The molecule has 0 radical (unpaired) electrons. The fourth-order valence-corrected chi connectivity index (χ4v) is 10.5. The van der Waals surface area contributed by atoms with Crippen LogP contribution in [0.1, 0.15) is 41.1 Å². The van der Waals surface area contributed by atoms with E-state index in [1.54, 1.807) is 19.9 Å². The first-order valence-electron chi connectivity index (χ1n) is 17.9. The molecule has 0 spiro atoms. The van der Waals surface area contributed by atoms with Crippen molar-refractivity contribution in [1.29, 1.82) is 0 Å². The first-order chi connectivity index (χ1) is 25.8. The number of halogens is 6. The Hall–Kier alpha value is -4.80. The second-order valence-electron chi connectivity index (χ2n) is 14.0. The summed E-state index contributed by atoms with van der Waals surface area (Å²) in [6, 6.07) is 31.0. The Labute approximate surface area is 315 Å². The average molecular weight is 769 g/mol. The van der Waals surface area contributed by atoms with Crippen molar-refractivity contribution in [2.24, 2.45) is 0 Å². The van der Waals surface area contributed by atoms with Gasteiger partial charge in [-0.25, -0.2) is 0 Å². The van der Waals surface area contributed by atoms with Crippen LogP contribution in [-0.4, -0.2) is 26.9 Å². The molecule has 4 aromatic carbocycles. The third kappa shape index (κ3) is 4.85. The van der Waals surface area contributed by atoms with Crippen LogP contribution in [0.3, 0.4) is 0 Å². The minimum Gasteiger partial charge on any atom is -0.341 e. The van der Waals surface area contributed by atoms with Gasteiger partial charge in [0.25, 0.3) is 0 Å². The van der Waals surface area contributed by atoms with E-state index in [0.717, 1.165) is 67.8 Å². The Bertz CT molecular complexity index is 2850. The van der Waals surface area contributed by atoms with Crippen LogP contribution in [0.5, 0.6) is 0 Å². The molecule has 0 fully saturated rings. The van der Waals surface area contributed by atoms with Crippen LogP contribution < -0.4 is 0 Å². The van der Waals surface area contributed by atoms with Crippen LogP contribution in [-0.2, 0) is 13.1 Å². The summed E-state index contributed by atoms with van der Waals surface area (Å²) in [4.78, 5) is 2.11. The fourth-order valence-electron chi connectivity index (χ4n) is 8.45. The lowest BCUT2D eigenvalue weighted by Crippen LogP contribution is -2.57. The molecule has 0 bridgehead atoms. The molecular formula is C44H34F6N2S2. The van der Waals surface area contributed by atoms with Crippen molar-refractivity contribution in [2.75, 3.05) is 0 Å². The van der Waals surface area contributed by atoms with Crippen LogP contribution in [0.2, 0.25) is 0 Å². The number of aromatic nitrogens is 2. The van der Waals surface area contributed by atoms with Crippen LogP contribution in [0.15, 0.2) is 97.1 Å². The Morgan fingerprint density at radius 1 is 0.556 bits per heavy atom. The standard InChI is InChI=1S/C44H34F6N2S2/c1-5-51-35-13-9-7-11-28(35)32-19-26(15-17-37(32)51)39-21-30(24(3)53-39)34-23-42(45,46)44(49,50)43(47,48)41(34)31-22-40(54-25(31)4)27-16-18-38-33(20-27)29-12-8-10-14-36(29)52(38)6-2/h7-22H,5-6,23H2,1-4H3. The van der Waals surface area contributed by atoms with Crippen molar-refractivity contribution < 1.29 is 26.3 Å². The quantitative estimate of drug-likeness (QED) is 0.149. The van der Waals surface area contributed by atoms with E-state index in [9.17, 15) is 0 Å². The van der Waals surface area contributed by atoms with E-state index >= 15 is 26.3 Å². The summed E-state index contributed by atoms with van der Waals surface area (Å²) in [6.07, 6.45) is -1.52. The molecule has 8 aromatic rings. The van der Waals surface area contributed by atoms with E-state index in [-0.39, 0.29) is 11.1 Å². The summed E-state index contributed by atoms with van der Waals surface area (Å²) in [5.41, 5.74) is 4.23. The Kier molecular flexibility index (Phi) is 7.83. The number of alkyl halides is 6. The minimum atomic E-state index is -5.60. The van der Waals surface area contributed by atoms with Crippen molar-refractivity contribution in [1.82, 2.24) is 9.13 Å². The molecule has 274 valence electrons. The Balaban J connectivity index is 1.22. The van der Waals surface area contributed by atoms with Crippen LogP contribution in [0.25, 0.3) is 75.6 Å². The lowest BCUT2D eigenvalue weighted by molar-refractivity contribution is -0.289. The highest BCUT2D eigenvalue weighted by Crippen LogP contribution is 2.62. The maximum atomic E-state index is 16.3. The van der Waals surface area contributed by atoms with E-state index in [2.05, 4.69) is 29.0 Å². The highest BCUT2D eigenvalue weighted by Gasteiger charge is 2.75. The summed E-state index contributed by atoms with van der Waals surface area (Å²) in [7, 11) is 0. The molecule has 0 saturated heterocycles. The predicted molar refractivity (Wildman–Crippen MR) is 213 cm³/mol. The maximum absolute atomic E-state index is 16.3. The second-order valence-corrected chi connectivity index (χ2v) is 16.5. The normalized spacial score (nSPS) is 16.8. The highest BCUT2D eigenvalue weighted by atomic mass is 32.1. The van der Waals surface area contributed by atoms with E-state index in [1.165, 1.54) is 28.7 Å². The van der Waals surface area contributed by atoms with Gasteiger partial charge in [0.1, 0.15) is 0 Å². The summed E-state index contributed by atoms with van der Waals surface area (Å²) in [5.74, 6) is -15.7. The van der Waals surface area contributed by atoms with Gasteiger partial charge < -0.3 is 9.13 Å². The molecule has 1 aliphatic rings. The number of rotatable bonds is 6. The molecule has 2 nitrogen and oxygen atoms in total. The van der Waals surface area contributed by atoms with Gasteiger partial charge in [0.15, 0.2) is 0 Å². The summed E-state index contributed by atoms with van der Waals surface area (Å²) in [5, 5.41) is 4.08. The van der Waals surface area contributed by atoms with Crippen molar-refractivity contribution in [3.05, 3.63) is 118 Å². The topological polar surface area (TPSA) is 9.86 Å². The number of allylic oxidation sites excluding steroid dienone is 2. The minimum absolute atomic E-state index is 0.136. The molecular weight excluding hydrogens is 735 g/mol. The number of para-hydroxylation sites is 2. The van der Waals surface area contributed by atoms with E-state index in [4.69, 9.17) is 0 Å². The summed E-state index contributed by atoms with van der Waals surface area (Å²) >= 11 is 2.47. The van der Waals surface area contributed by atoms with Crippen molar-refractivity contribution >= 4 is 77.4 Å². The van der Waals surface area contributed by atoms with Gasteiger partial charge in [-0.1, -0.05) is 48.5 Å². The second kappa shape index (κ2) is 12.1. The van der Waals surface area contributed by atoms with Gasteiger partial charge in [-0.05, 0) is 104 Å². The number of fused-ring (bicyclic) bond motifs is 6. The molecule has 0 saturated carbocycles. The molecule has 4 heterocycles. The molecule has 0 aliphatic heterocycles.